The summed E-state index contributed by atoms with van der Waals surface area (Å²) in [6, 6.07) is 16.2. The Morgan fingerprint density at radius 3 is 2.48 bits per heavy atom. The van der Waals surface area contributed by atoms with Crippen LogP contribution in [0.4, 0.5) is 0 Å². The fourth-order valence-corrected chi connectivity index (χ4v) is 2.62. The number of nitrogens with zero attached hydrogens (tertiary/aromatic N) is 1. The number of aryl methyl sites for hydroxylation is 1. The van der Waals surface area contributed by atoms with Crippen LogP contribution in [0.2, 0.25) is 0 Å². The Labute approximate surface area is 125 Å². The van der Waals surface area contributed by atoms with E-state index in [-0.39, 0.29) is 0 Å². The van der Waals surface area contributed by atoms with E-state index in [1.807, 2.05) is 36.4 Å². The molecule has 0 saturated heterocycles. The molecular weight excluding hydrogens is 258 g/mol. The molecular formula is C19H19NO. The van der Waals surface area contributed by atoms with Crippen molar-refractivity contribution in [2.45, 2.75) is 26.7 Å². The van der Waals surface area contributed by atoms with Gasteiger partial charge in [0.2, 0.25) is 5.88 Å². The van der Waals surface area contributed by atoms with Gasteiger partial charge in [0.05, 0.1) is 0 Å². The topological polar surface area (TPSA) is 22.1 Å². The third-order valence-electron chi connectivity index (χ3n) is 3.69. The molecule has 0 radical (unpaired) electrons. The van der Waals surface area contributed by atoms with Gasteiger partial charge in [0.25, 0.3) is 0 Å². The van der Waals surface area contributed by atoms with Gasteiger partial charge >= 0.3 is 0 Å². The van der Waals surface area contributed by atoms with Crippen LogP contribution in [-0.4, -0.2) is 4.98 Å². The second-order valence-corrected chi connectivity index (χ2v) is 5.62. The van der Waals surface area contributed by atoms with E-state index in [1.165, 1.54) is 16.5 Å². The summed E-state index contributed by atoms with van der Waals surface area (Å²) >= 11 is 0. The number of rotatable bonds is 3. The van der Waals surface area contributed by atoms with Crippen molar-refractivity contribution < 1.29 is 4.74 Å². The molecule has 2 aromatic carbocycles. The SMILES string of the molecule is Cc1cc2c(Oc3ccccc3)nccc2cc1C(C)C. The normalized spacial score (nSPS) is 11.0. The molecule has 0 unspecified atom stereocenters. The molecule has 0 spiro atoms. The van der Waals surface area contributed by atoms with E-state index in [0.29, 0.717) is 11.8 Å². The Morgan fingerprint density at radius 1 is 1.00 bits per heavy atom. The van der Waals surface area contributed by atoms with Crippen molar-refractivity contribution in [3.63, 3.8) is 0 Å². The van der Waals surface area contributed by atoms with Crippen LogP contribution in [0.15, 0.2) is 54.7 Å². The second kappa shape index (κ2) is 5.57. The van der Waals surface area contributed by atoms with Gasteiger partial charge in [0.15, 0.2) is 0 Å². The van der Waals surface area contributed by atoms with Crippen molar-refractivity contribution in [2.75, 3.05) is 0 Å². The number of pyridine rings is 1. The van der Waals surface area contributed by atoms with Gasteiger partial charge in [-0.15, -0.1) is 0 Å². The number of para-hydroxylation sites is 1. The lowest BCUT2D eigenvalue weighted by Crippen LogP contribution is -1.95. The predicted molar refractivity (Wildman–Crippen MR) is 87.1 cm³/mol. The Morgan fingerprint density at radius 2 is 1.76 bits per heavy atom. The monoisotopic (exact) mass is 277 g/mol. The van der Waals surface area contributed by atoms with Crippen molar-refractivity contribution in [1.29, 1.82) is 0 Å². The molecule has 0 saturated carbocycles. The van der Waals surface area contributed by atoms with Gasteiger partial charge in [0.1, 0.15) is 5.75 Å². The number of benzene rings is 2. The van der Waals surface area contributed by atoms with Gasteiger partial charge in [0, 0.05) is 11.6 Å². The van der Waals surface area contributed by atoms with Gasteiger partial charge in [-0.3, -0.25) is 0 Å². The predicted octanol–water partition coefficient (Wildman–Crippen LogP) is 5.46. The molecule has 0 amide bonds. The zero-order valence-corrected chi connectivity index (χ0v) is 12.6. The highest BCUT2D eigenvalue weighted by molar-refractivity contribution is 5.88. The number of ether oxygens (including phenoxy) is 1. The van der Waals surface area contributed by atoms with Crippen molar-refractivity contribution in [1.82, 2.24) is 4.98 Å². The lowest BCUT2D eigenvalue weighted by Gasteiger charge is -2.13. The van der Waals surface area contributed by atoms with Crippen molar-refractivity contribution in [3.05, 3.63) is 65.9 Å². The number of aromatic nitrogens is 1. The summed E-state index contributed by atoms with van der Waals surface area (Å²) in [6.07, 6.45) is 1.81. The van der Waals surface area contributed by atoms with E-state index in [1.54, 1.807) is 6.20 Å². The van der Waals surface area contributed by atoms with Gasteiger partial charge in [-0.2, -0.15) is 0 Å². The summed E-state index contributed by atoms with van der Waals surface area (Å²) in [7, 11) is 0. The molecule has 1 heterocycles. The molecule has 2 heteroatoms. The quantitative estimate of drug-likeness (QED) is 0.634. The van der Waals surface area contributed by atoms with Crippen LogP contribution < -0.4 is 4.74 Å². The minimum Gasteiger partial charge on any atom is -0.438 e. The molecule has 0 atom stereocenters. The highest BCUT2D eigenvalue weighted by Gasteiger charge is 2.10. The van der Waals surface area contributed by atoms with Crippen LogP contribution >= 0.6 is 0 Å². The van der Waals surface area contributed by atoms with E-state index in [2.05, 4.69) is 37.9 Å². The van der Waals surface area contributed by atoms with Gasteiger partial charge in [-0.05, 0) is 53.6 Å². The van der Waals surface area contributed by atoms with E-state index < -0.39 is 0 Å². The van der Waals surface area contributed by atoms with Crippen LogP contribution in [0.3, 0.4) is 0 Å². The maximum Gasteiger partial charge on any atom is 0.227 e. The number of hydrogen-bond acceptors (Lipinski definition) is 2. The summed E-state index contributed by atoms with van der Waals surface area (Å²) in [6.45, 7) is 6.58. The molecule has 106 valence electrons. The molecule has 21 heavy (non-hydrogen) atoms. The number of fused-ring (bicyclic) bond motifs is 1. The number of hydrogen-bond donors (Lipinski definition) is 0. The minimum absolute atomic E-state index is 0.515. The fourth-order valence-electron chi connectivity index (χ4n) is 2.62. The lowest BCUT2D eigenvalue weighted by atomic mass is 9.95. The Kier molecular flexibility index (Phi) is 3.61. The Hall–Kier alpha value is -2.35. The summed E-state index contributed by atoms with van der Waals surface area (Å²) in [4.78, 5) is 4.40. The Bertz CT molecular complexity index is 763. The van der Waals surface area contributed by atoms with Crippen LogP contribution in [0.5, 0.6) is 11.6 Å². The maximum atomic E-state index is 5.94. The van der Waals surface area contributed by atoms with Crippen molar-refractivity contribution in [3.8, 4) is 11.6 Å². The standard InChI is InChI=1S/C19H19NO/c1-13(2)17-12-15-9-10-20-19(18(15)11-14(17)3)21-16-7-5-4-6-8-16/h4-13H,1-3H3. The summed E-state index contributed by atoms with van der Waals surface area (Å²) in [5, 5.41) is 2.23. The Balaban J connectivity index is 2.10. The smallest absolute Gasteiger partial charge is 0.227 e. The molecule has 1 aromatic heterocycles. The van der Waals surface area contributed by atoms with Crippen LogP contribution in [0.1, 0.15) is 30.9 Å². The molecule has 3 aromatic rings. The summed E-state index contributed by atoms with van der Waals surface area (Å²) in [5.41, 5.74) is 2.66. The van der Waals surface area contributed by atoms with Crippen LogP contribution in [-0.2, 0) is 0 Å². The van der Waals surface area contributed by atoms with Crippen molar-refractivity contribution in [2.24, 2.45) is 0 Å². The average molecular weight is 277 g/mol. The van der Waals surface area contributed by atoms with Gasteiger partial charge in [-0.1, -0.05) is 38.1 Å². The first-order valence-electron chi connectivity index (χ1n) is 7.27. The van der Waals surface area contributed by atoms with Crippen LogP contribution in [0.25, 0.3) is 10.8 Å². The molecule has 0 aliphatic rings. The van der Waals surface area contributed by atoms with E-state index in [9.17, 15) is 0 Å². The first kappa shape index (κ1) is 13.6. The average Bonchev–Trinajstić information content (AvgIpc) is 2.48. The molecule has 0 fully saturated rings. The minimum atomic E-state index is 0.515. The molecule has 0 aliphatic carbocycles. The molecule has 0 bridgehead atoms. The molecule has 0 aliphatic heterocycles. The van der Waals surface area contributed by atoms with E-state index >= 15 is 0 Å². The highest BCUT2D eigenvalue weighted by Crippen LogP contribution is 2.31. The summed E-state index contributed by atoms with van der Waals surface area (Å²) in [5.74, 6) is 1.99. The van der Waals surface area contributed by atoms with Gasteiger partial charge in [-0.25, -0.2) is 4.98 Å². The third kappa shape index (κ3) is 2.75. The molecule has 0 N–H and O–H groups in total. The zero-order valence-electron chi connectivity index (χ0n) is 12.6. The summed E-state index contributed by atoms with van der Waals surface area (Å²) < 4.78 is 5.94. The molecule has 2 nitrogen and oxygen atoms in total. The van der Waals surface area contributed by atoms with Crippen LogP contribution in [0, 0.1) is 6.92 Å². The second-order valence-electron chi connectivity index (χ2n) is 5.62. The van der Waals surface area contributed by atoms with Gasteiger partial charge < -0.3 is 4.74 Å². The molecule has 3 rings (SSSR count). The fraction of sp³-hybridized carbons (Fsp3) is 0.211. The first-order valence-corrected chi connectivity index (χ1v) is 7.27. The zero-order chi connectivity index (χ0) is 14.8. The van der Waals surface area contributed by atoms with Crippen molar-refractivity contribution >= 4 is 10.8 Å². The third-order valence-corrected chi connectivity index (χ3v) is 3.69. The van der Waals surface area contributed by atoms with E-state index in [4.69, 9.17) is 4.74 Å². The first-order chi connectivity index (χ1) is 10.1. The largest absolute Gasteiger partial charge is 0.438 e. The lowest BCUT2D eigenvalue weighted by molar-refractivity contribution is 0.469. The van der Waals surface area contributed by atoms with E-state index in [0.717, 1.165) is 11.1 Å². The highest BCUT2D eigenvalue weighted by atomic mass is 16.5. The maximum absolute atomic E-state index is 5.94.